The number of allylic oxidation sites excluding steroid dienone is 2. The highest BCUT2D eigenvalue weighted by Crippen LogP contribution is 2.16. The van der Waals surface area contributed by atoms with Gasteiger partial charge >= 0.3 is 0 Å². The zero-order valence-electron chi connectivity index (χ0n) is 7.55. The average Bonchev–Trinajstić information content (AvgIpc) is 2.69. The van der Waals surface area contributed by atoms with E-state index in [0.29, 0.717) is 0 Å². The van der Waals surface area contributed by atoms with Crippen LogP contribution in [-0.2, 0) is 0 Å². The van der Waals surface area contributed by atoms with Crippen molar-refractivity contribution in [2.75, 3.05) is 0 Å². The van der Waals surface area contributed by atoms with Gasteiger partial charge in [-0.15, -0.1) is 0 Å². The molecule has 0 fully saturated rings. The molecule has 1 aromatic heterocycles. The minimum absolute atomic E-state index is 0.756. The fraction of sp³-hybridized carbons (Fsp3) is 0.333. The Labute approximate surface area is 78.4 Å². The third-order valence-electron chi connectivity index (χ3n) is 2.16. The van der Waals surface area contributed by atoms with Crippen LogP contribution in [0.4, 0.5) is 0 Å². The number of hydrogen-bond donors (Lipinski definition) is 0. The molecular weight excluding hydrogens is 160 g/mol. The van der Waals surface area contributed by atoms with Gasteiger partial charge in [0.2, 0.25) is 0 Å². The molecule has 1 aliphatic rings. The summed E-state index contributed by atoms with van der Waals surface area (Å²) < 4.78 is 5.12. The van der Waals surface area contributed by atoms with Gasteiger partial charge in [0.1, 0.15) is 0 Å². The average molecular weight is 172 g/mol. The van der Waals surface area contributed by atoms with Gasteiger partial charge in [-0.1, -0.05) is 12.0 Å². The molecular formula is C12H12O. The molecule has 1 heteroatoms. The topological polar surface area (TPSA) is 13.1 Å². The Bertz CT molecular complexity index is 346. The molecule has 0 aliphatic heterocycles. The predicted octanol–water partition coefficient (Wildman–Crippen LogP) is 3.13. The van der Waals surface area contributed by atoms with Gasteiger partial charge in [-0.05, 0) is 49.3 Å². The lowest BCUT2D eigenvalue weighted by Crippen LogP contribution is -1.88. The van der Waals surface area contributed by atoms with Crippen LogP contribution in [0.25, 0.3) is 0 Å². The number of hydrogen-bond acceptors (Lipinski definition) is 1. The van der Waals surface area contributed by atoms with E-state index in [1.54, 1.807) is 6.26 Å². The summed E-state index contributed by atoms with van der Waals surface area (Å²) >= 11 is 0. The third kappa shape index (κ3) is 2.26. The number of furan rings is 1. The molecule has 13 heavy (non-hydrogen) atoms. The molecule has 1 nitrogen and oxygen atoms in total. The van der Waals surface area contributed by atoms with Crippen molar-refractivity contribution in [3.8, 4) is 11.8 Å². The van der Waals surface area contributed by atoms with Crippen molar-refractivity contribution in [1.82, 2.24) is 0 Å². The van der Waals surface area contributed by atoms with Gasteiger partial charge in [-0.25, -0.2) is 0 Å². The Hall–Kier alpha value is -1.42. The largest absolute Gasteiger partial charge is 0.456 e. The second-order valence-corrected chi connectivity index (χ2v) is 3.20. The minimum atomic E-state index is 0.756. The molecule has 0 bridgehead atoms. The molecule has 1 aromatic rings. The minimum Gasteiger partial charge on any atom is -0.456 e. The Morgan fingerprint density at radius 1 is 1.23 bits per heavy atom. The molecule has 0 aromatic carbocycles. The predicted molar refractivity (Wildman–Crippen MR) is 52.1 cm³/mol. The molecule has 0 saturated heterocycles. The summed E-state index contributed by atoms with van der Waals surface area (Å²) in [6.07, 6.45) is 8.79. The first kappa shape index (κ1) is 8.19. The fourth-order valence-electron chi connectivity index (χ4n) is 1.44. The van der Waals surface area contributed by atoms with E-state index in [2.05, 4.69) is 17.9 Å². The highest BCUT2D eigenvalue weighted by atomic mass is 16.3. The highest BCUT2D eigenvalue weighted by Gasteiger charge is 1.99. The summed E-state index contributed by atoms with van der Waals surface area (Å²) in [5, 5.41) is 0. The van der Waals surface area contributed by atoms with Gasteiger partial charge in [0.15, 0.2) is 5.76 Å². The molecule has 0 amide bonds. The summed E-state index contributed by atoms with van der Waals surface area (Å²) in [7, 11) is 0. The monoisotopic (exact) mass is 172 g/mol. The zero-order chi connectivity index (χ0) is 8.93. The van der Waals surface area contributed by atoms with Crippen LogP contribution in [0.15, 0.2) is 34.5 Å². The second kappa shape index (κ2) is 4.00. The molecule has 0 unspecified atom stereocenters. The maximum Gasteiger partial charge on any atom is 0.176 e. The first-order chi connectivity index (χ1) is 6.45. The van der Waals surface area contributed by atoms with Crippen molar-refractivity contribution in [3.63, 3.8) is 0 Å². The molecule has 1 heterocycles. The van der Waals surface area contributed by atoms with E-state index in [0.717, 1.165) is 12.2 Å². The Balaban J connectivity index is 2.07. The number of rotatable bonds is 0. The van der Waals surface area contributed by atoms with E-state index in [1.165, 1.54) is 24.8 Å². The van der Waals surface area contributed by atoms with Crippen molar-refractivity contribution < 1.29 is 4.42 Å². The first-order valence-electron chi connectivity index (χ1n) is 4.70. The summed E-state index contributed by atoms with van der Waals surface area (Å²) in [6.45, 7) is 0. The van der Waals surface area contributed by atoms with Gasteiger partial charge in [0, 0.05) is 0 Å². The highest BCUT2D eigenvalue weighted by molar-refractivity contribution is 5.36. The molecule has 1 aliphatic carbocycles. The Morgan fingerprint density at radius 3 is 2.92 bits per heavy atom. The standard InChI is InChI=1S/C12H12O/c1-2-5-11(6-3-1)8-9-12-7-4-10-13-12/h4-5,7,10H,1-3,6H2. The fourth-order valence-corrected chi connectivity index (χ4v) is 1.44. The van der Waals surface area contributed by atoms with Crippen LogP contribution in [0, 0.1) is 11.8 Å². The van der Waals surface area contributed by atoms with E-state index in [-0.39, 0.29) is 0 Å². The molecule has 2 rings (SSSR count). The molecule has 0 radical (unpaired) electrons. The summed E-state index contributed by atoms with van der Waals surface area (Å²) in [5.41, 5.74) is 1.27. The lowest BCUT2D eigenvalue weighted by atomic mass is 10.0. The van der Waals surface area contributed by atoms with Crippen LogP contribution >= 0.6 is 0 Å². The van der Waals surface area contributed by atoms with Crippen molar-refractivity contribution >= 4 is 0 Å². The molecule has 0 N–H and O–H groups in total. The van der Waals surface area contributed by atoms with Gasteiger partial charge in [-0.2, -0.15) is 0 Å². The maximum atomic E-state index is 5.12. The van der Waals surface area contributed by atoms with Crippen molar-refractivity contribution in [1.29, 1.82) is 0 Å². The van der Waals surface area contributed by atoms with Crippen LogP contribution in [-0.4, -0.2) is 0 Å². The van der Waals surface area contributed by atoms with Crippen LogP contribution < -0.4 is 0 Å². The smallest absolute Gasteiger partial charge is 0.176 e. The normalized spacial score (nSPS) is 15.8. The summed E-state index contributed by atoms with van der Waals surface area (Å²) in [5.74, 6) is 6.91. The van der Waals surface area contributed by atoms with Crippen LogP contribution in [0.1, 0.15) is 31.4 Å². The van der Waals surface area contributed by atoms with Crippen LogP contribution in [0.5, 0.6) is 0 Å². The molecule has 0 spiro atoms. The lowest BCUT2D eigenvalue weighted by molar-refractivity contribution is 0.554. The Morgan fingerprint density at radius 2 is 2.23 bits per heavy atom. The second-order valence-electron chi connectivity index (χ2n) is 3.20. The SMILES string of the molecule is C(#Cc1ccco1)C1=CCCCC1. The maximum absolute atomic E-state index is 5.12. The van der Waals surface area contributed by atoms with Gasteiger partial charge in [0.25, 0.3) is 0 Å². The third-order valence-corrected chi connectivity index (χ3v) is 2.16. The zero-order valence-corrected chi connectivity index (χ0v) is 7.55. The van der Waals surface area contributed by atoms with Gasteiger partial charge in [-0.3, -0.25) is 0 Å². The van der Waals surface area contributed by atoms with E-state index in [1.807, 2.05) is 12.1 Å². The molecule has 0 saturated carbocycles. The molecule has 0 atom stereocenters. The van der Waals surface area contributed by atoms with Crippen LogP contribution in [0.3, 0.4) is 0 Å². The van der Waals surface area contributed by atoms with Crippen molar-refractivity contribution in [2.24, 2.45) is 0 Å². The van der Waals surface area contributed by atoms with E-state index >= 15 is 0 Å². The summed E-state index contributed by atoms with van der Waals surface area (Å²) in [6, 6.07) is 3.75. The first-order valence-corrected chi connectivity index (χ1v) is 4.70. The Kier molecular flexibility index (Phi) is 2.52. The van der Waals surface area contributed by atoms with E-state index in [9.17, 15) is 0 Å². The quantitative estimate of drug-likeness (QED) is 0.548. The van der Waals surface area contributed by atoms with E-state index < -0.39 is 0 Å². The molecule has 66 valence electrons. The van der Waals surface area contributed by atoms with Crippen LogP contribution in [0.2, 0.25) is 0 Å². The lowest BCUT2D eigenvalue weighted by Gasteiger charge is -2.05. The van der Waals surface area contributed by atoms with E-state index in [4.69, 9.17) is 4.42 Å². The van der Waals surface area contributed by atoms with Gasteiger partial charge in [0.05, 0.1) is 6.26 Å². The van der Waals surface area contributed by atoms with Crippen molar-refractivity contribution in [2.45, 2.75) is 25.7 Å². The van der Waals surface area contributed by atoms with Gasteiger partial charge < -0.3 is 4.42 Å². The summed E-state index contributed by atoms with van der Waals surface area (Å²) in [4.78, 5) is 0. The van der Waals surface area contributed by atoms with Crippen molar-refractivity contribution in [3.05, 3.63) is 35.8 Å².